The van der Waals surface area contributed by atoms with E-state index in [-0.39, 0.29) is 10.8 Å². The van der Waals surface area contributed by atoms with Crippen LogP contribution in [0.1, 0.15) is 75.9 Å². The van der Waals surface area contributed by atoms with E-state index in [9.17, 15) is 0 Å². The van der Waals surface area contributed by atoms with E-state index in [0.717, 1.165) is 18.7 Å². The van der Waals surface area contributed by atoms with Gasteiger partial charge in [0.25, 0.3) is 0 Å². The van der Waals surface area contributed by atoms with E-state index in [4.69, 9.17) is 0 Å². The molecule has 1 N–H and O–H groups in total. The first-order valence-electron chi connectivity index (χ1n) is 9.55. The third-order valence-electron chi connectivity index (χ3n) is 5.35. The maximum atomic E-state index is 4.61. The topological polar surface area (TPSA) is 24.9 Å². The molecule has 2 heteroatoms. The van der Waals surface area contributed by atoms with Gasteiger partial charge in [0.2, 0.25) is 0 Å². The normalized spacial score (nSPS) is 18.5. The van der Waals surface area contributed by atoms with Crippen molar-refractivity contribution in [3.63, 3.8) is 0 Å². The molecule has 1 aromatic heterocycles. The van der Waals surface area contributed by atoms with Gasteiger partial charge in [-0.3, -0.25) is 4.98 Å². The van der Waals surface area contributed by atoms with Crippen molar-refractivity contribution < 1.29 is 0 Å². The zero-order chi connectivity index (χ0) is 18.1. The Bertz CT molecular complexity index is 705. The highest BCUT2D eigenvalue weighted by Gasteiger charge is 2.25. The van der Waals surface area contributed by atoms with Crippen LogP contribution in [0.2, 0.25) is 0 Å². The molecular weight excluding hydrogens is 304 g/mol. The molecule has 0 aliphatic carbocycles. The molecule has 1 saturated heterocycles. The first-order valence-corrected chi connectivity index (χ1v) is 9.55. The van der Waals surface area contributed by atoms with Crippen LogP contribution >= 0.6 is 0 Å². The highest BCUT2D eigenvalue weighted by molar-refractivity contribution is 5.37. The summed E-state index contributed by atoms with van der Waals surface area (Å²) in [7, 11) is 0. The second-order valence-electron chi connectivity index (χ2n) is 9.14. The van der Waals surface area contributed by atoms with Gasteiger partial charge in [0.05, 0.1) is 0 Å². The highest BCUT2D eigenvalue weighted by Crippen LogP contribution is 2.33. The number of hydrogen-bond acceptors (Lipinski definition) is 2. The molecule has 0 radical (unpaired) electrons. The standard InChI is InChI=1S/C23H32N2/c1-22(2,3)19-14-17(13-18(15-19)20-9-8-12-24-20)16-23(4,5)21-10-6-7-11-25-21/h6-7,10-11,13-15,20,24H,8-9,12,16H2,1-5H3. The fraction of sp³-hybridized carbons (Fsp3) is 0.522. The molecule has 1 fully saturated rings. The summed E-state index contributed by atoms with van der Waals surface area (Å²) in [4.78, 5) is 4.61. The smallest absolute Gasteiger partial charge is 0.0463 e. The van der Waals surface area contributed by atoms with Gasteiger partial charge in [-0.15, -0.1) is 0 Å². The fourth-order valence-corrected chi connectivity index (χ4v) is 3.79. The lowest BCUT2D eigenvalue weighted by Gasteiger charge is -2.27. The molecule has 0 bridgehead atoms. The molecule has 134 valence electrons. The van der Waals surface area contributed by atoms with Crippen LogP contribution in [-0.4, -0.2) is 11.5 Å². The molecule has 2 aromatic rings. The molecule has 25 heavy (non-hydrogen) atoms. The van der Waals surface area contributed by atoms with Gasteiger partial charge in [0, 0.05) is 23.3 Å². The second kappa shape index (κ2) is 6.92. The van der Waals surface area contributed by atoms with Gasteiger partial charge >= 0.3 is 0 Å². The number of aromatic nitrogens is 1. The van der Waals surface area contributed by atoms with Crippen molar-refractivity contribution in [2.24, 2.45) is 0 Å². The van der Waals surface area contributed by atoms with Gasteiger partial charge in [0.15, 0.2) is 0 Å². The van der Waals surface area contributed by atoms with Crippen molar-refractivity contribution in [2.45, 2.75) is 70.8 Å². The Labute approximate surface area is 153 Å². The maximum Gasteiger partial charge on any atom is 0.0463 e. The lowest BCUT2D eigenvalue weighted by atomic mass is 9.78. The van der Waals surface area contributed by atoms with E-state index in [1.54, 1.807) is 0 Å². The molecule has 1 aliphatic heterocycles. The minimum absolute atomic E-state index is 0.0259. The Morgan fingerprint density at radius 3 is 2.48 bits per heavy atom. The van der Waals surface area contributed by atoms with E-state index in [1.165, 1.54) is 29.5 Å². The Morgan fingerprint density at radius 1 is 1.08 bits per heavy atom. The summed E-state index contributed by atoms with van der Waals surface area (Å²) in [6.45, 7) is 12.7. The van der Waals surface area contributed by atoms with Crippen LogP contribution in [-0.2, 0) is 17.3 Å². The molecule has 1 unspecified atom stereocenters. The van der Waals surface area contributed by atoms with Crippen molar-refractivity contribution in [1.82, 2.24) is 10.3 Å². The van der Waals surface area contributed by atoms with Gasteiger partial charge in [0.1, 0.15) is 0 Å². The number of rotatable bonds is 4. The van der Waals surface area contributed by atoms with E-state index in [1.807, 2.05) is 12.3 Å². The van der Waals surface area contributed by atoms with E-state index >= 15 is 0 Å². The zero-order valence-electron chi connectivity index (χ0n) is 16.4. The number of benzene rings is 1. The van der Waals surface area contributed by atoms with Crippen molar-refractivity contribution in [1.29, 1.82) is 0 Å². The number of hydrogen-bond donors (Lipinski definition) is 1. The second-order valence-corrected chi connectivity index (χ2v) is 9.14. The predicted molar refractivity (Wildman–Crippen MR) is 106 cm³/mol. The van der Waals surface area contributed by atoms with Crippen LogP contribution in [0.3, 0.4) is 0 Å². The summed E-state index contributed by atoms with van der Waals surface area (Å²) in [5.74, 6) is 0. The number of nitrogens with one attached hydrogen (secondary N) is 1. The number of nitrogens with zero attached hydrogens (tertiary/aromatic N) is 1. The van der Waals surface area contributed by atoms with E-state index in [0.29, 0.717) is 6.04 Å². The Hall–Kier alpha value is -1.67. The largest absolute Gasteiger partial charge is 0.310 e. The molecule has 1 atom stereocenters. The zero-order valence-corrected chi connectivity index (χ0v) is 16.4. The molecule has 2 heterocycles. The first-order chi connectivity index (χ1) is 11.8. The van der Waals surface area contributed by atoms with E-state index < -0.39 is 0 Å². The van der Waals surface area contributed by atoms with Gasteiger partial charge in [-0.05, 0) is 60.0 Å². The molecule has 0 amide bonds. The van der Waals surface area contributed by atoms with Crippen molar-refractivity contribution in [3.05, 3.63) is 65.0 Å². The SMILES string of the molecule is CC(C)(C)c1cc(CC(C)(C)c2ccccn2)cc(C2CCCN2)c1. The number of pyridine rings is 1. The van der Waals surface area contributed by atoms with Crippen molar-refractivity contribution in [3.8, 4) is 0 Å². The molecule has 3 rings (SSSR count). The van der Waals surface area contributed by atoms with Gasteiger partial charge in [-0.1, -0.05) is 58.9 Å². The third-order valence-corrected chi connectivity index (χ3v) is 5.35. The maximum absolute atomic E-state index is 4.61. The van der Waals surface area contributed by atoms with Crippen molar-refractivity contribution in [2.75, 3.05) is 6.54 Å². The summed E-state index contributed by atoms with van der Waals surface area (Å²) in [6.07, 6.45) is 5.43. The molecule has 1 aromatic carbocycles. The molecule has 1 aliphatic rings. The van der Waals surface area contributed by atoms with Crippen LogP contribution in [0, 0.1) is 0 Å². The molecule has 2 nitrogen and oxygen atoms in total. The molecular formula is C23H32N2. The first kappa shape index (κ1) is 18.1. The van der Waals surface area contributed by atoms with Crippen LogP contribution in [0.25, 0.3) is 0 Å². The predicted octanol–water partition coefficient (Wildman–Crippen LogP) is 5.32. The minimum atomic E-state index is 0.0259. The minimum Gasteiger partial charge on any atom is -0.310 e. The van der Waals surface area contributed by atoms with Crippen LogP contribution < -0.4 is 5.32 Å². The molecule has 0 saturated carbocycles. The van der Waals surface area contributed by atoms with Crippen LogP contribution in [0.4, 0.5) is 0 Å². The average molecular weight is 337 g/mol. The average Bonchev–Trinajstić information content (AvgIpc) is 3.09. The van der Waals surface area contributed by atoms with Crippen molar-refractivity contribution >= 4 is 0 Å². The van der Waals surface area contributed by atoms with Crippen LogP contribution in [0.15, 0.2) is 42.6 Å². The quantitative estimate of drug-likeness (QED) is 0.817. The Morgan fingerprint density at radius 2 is 1.88 bits per heavy atom. The van der Waals surface area contributed by atoms with Gasteiger partial charge < -0.3 is 5.32 Å². The lowest BCUT2D eigenvalue weighted by Crippen LogP contribution is -2.23. The van der Waals surface area contributed by atoms with E-state index in [2.05, 4.69) is 75.3 Å². The summed E-state index contributed by atoms with van der Waals surface area (Å²) in [5.41, 5.74) is 5.67. The monoisotopic (exact) mass is 336 g/mol. The third kappa shape index (κ3) is 4.30. The summed E-state index contributed by atoms with van der Waals surface area (Å²) in [5, 5.41) is 3.66. The lowest BCUT2D eigenvalue weighted by molar-refractivity contribution is 0.502. The summed E-state index contributed by atoms with van der Waals surface area (Å²) >= 11 is 0. The van der Waals surface area contributed by atoms with Crippen LogP contribution in [0.5, 0.6) is 0 Å². The van der Waals surface area contributed by atoms with Gasteiger partial charge in [-0.2, -0.15) is 0 Å². The van der Waals surface area contributed by atoms with Gasteiger partial charge in [-0.25, -0.2) is 0 Å². The Kier molecular flexibility index (Phi) is 5.02. The summed E-state index contributed by atoms with van der Waals surface area (Å²) < 4.78 is 0. The highest BCUT2D eigenvalue weighted by atomic mass is 14.9. The molecule has 0 spiro atoms. The fourth-order valence-electron chi connectivity index (χ4n) is 3.79. The summed E-state index contributed by atoms with van der Waals surface area (Å²) in [6, 6.07) is 14.0. The Balaban J connectivity index is 1.95.